The standard InChI is InChI=1S/C19H25NO6/c21-18(20-17(19(22)23)14-2-1-9-25-12-14)13-3-5-15(6-4-13)26-16-7-10-24-11-8-16/h3-6,14,16-17H,1-2,7-12H2,(H,20,21)(H,22,23). The Morgan fingerprint density at radius 1 is 1.08 bits per heavy atom. The lowest BCUT2D eigenvalue weighted by Gasteiger charge is -2.28. The Morgan fingerprint density at radius 2 is 1.81 bits per heavy atom. The van der Waals surface area contributed by atoms with Gasteiger partial charge in [-0.25, -0.2) is 4.79 Å². The summed E-state index contributed by atoms with van der Waals surface area (Å²) >= 11 is 0. The van der Waals surface area contributed by atoms with Crippen molar-refractivity contribution in [2.75, 3.05) is 26.4 Å². The van der Waals surface area contributed by atoms with Gasteiger partial charge < -0.3 is 24.6 Å². The number of aliphatic carboxylic acids is 1. The van der Waals surface area contributed by atoms with E-state index in [0.717, 1.165) is 25.7 Å². The number of rotatable bonds is 6. The molecule has 2 aliphatic heterocycles. The molecular weight excluding hydrogens is 338 g/mol. The van der Waals surface area contributed by atoms with Crippen molar-refractivity contribution in [1.82, 2.24) is 5.32 Å². The average molecular weight is 363 g/mol. The molecule has 0 spiro atoms. The highest BCUT2D eigenvalue weighted by molar-refractivity contribution is 5.96. The number of carbonyl (C=O) groups is 2. The molecule has 1 aromatic carbocycles. The molecule has 142 valence electrons. The molecule has 26 heavy (non-hydrogen) atoms. The van der Waals surface area contributed by atoms with Gasteiger partial charge in [0.2, 0.25) is 0 Å². The fourth-order valence-corrected chi connectivity index (χ4v) is 3.31. The molecule has 0 saturated carbocycles. The summed E-state index contributed by atoms with van der Waals surface area (Å²) in [5.41, 5.74) is 0.410. The molecule has 1 aromatic rings. The van der Waals surface area contributed by atoms with Gasteiger partial charge in [-0.1, -0.05) is 0 Å². The lowest BCUT2D eigenvalue weighted by molar-refractivity contribution is -0.142. The zero-order valence-electron chi connectivity index (χ0n) is 14.7. The maximum Gasteiger partial charge on any atom is 0.326 e. The number of hydrogen-bond donors (Lipinski definition) is 2. The number of carboxylic acids is 1. The molecule has 3 rings (SSSR count). The van der Waals surface area contributed by atoms with E-state index in [0.29, 0.717) is 37.7 Å². The molecular formula is C19H25NO6. The van der Waals surface area contributed by atoms with E-state index < -0.39 is 17.9 Å². The number of hydrogen-bond acceptors (Lipinski definition) is 5. The Kier molecular flexibility index (Phi) is 6.46. The van der Waals surface area contributed by atoms with Gasteiger partial charge in [0.1, 0.15) is 17.9 Å². The molecule has 0 aromatic heterocycles. The minimum Gasteiger partial charge on any atom is -0.490 e. The van der Waals surface area contributed by atoms with Crippen LogP contribution in [0.5, 0.6) is 5.75 Å². The van der Waals surface area contributed by atoms with Crippen LogP contribution in [-0.2, 0) is 14.3 Å². The van der Waals surface area contributed by atoms with Crippen molar-refractivity contribution in [3.8, 4) is 5.75 Å². The second kappa shape index (κ2) is 9.00. The lowest BCUT2D eigenvalue weighted by Crippen LogP contribution is -2.48. The second-order valence-corrected chi connectivity index (χ2v) is 6.72. The summed E-state index contributed by atoms with van der Waals surface area (Å²) in [6, 6.07) is 5.84. The molecule has 2 heterocycles. The number of amides is 1. The quantitative estimate of drug-likeness (QED) is 0.801. The molecule has 2 saturated heterocycles. The highest BCUT2D eigenvalue weighted by Crippen LogP contribution is 2.20. The van der Waals surface area contributed by atoms with Gasteiger partial charge in [0.05, 0.1) is 19.8 Å². The zero-order chi connectivity index (χ0) is 18.4. The molecule has 7 heteroatoms. The fraction of sp³-hybridized carbons (Fsp3) is 0.579. The van der Waals surface area contributed by atoms with E-state index in [-0.39, 0.29) is 12.0 Å². The van der Waals surface area contributed by atoms with Crippen molar-refractivity contribution in [1.29, 1.82) is 0 Å². The van der Waals surface area contributed by atoms with E-state index in [1.165, 1.54) is 0 Å². The van der Waals surface area contributed by atoms with Gasteiger partial charge in [0.15, 0.2) is 0 Å². The molecule has 0 aliphatic carbocycles. The van der Waals surface area contributed by atoms with E-state index in [4.69, 9.17) is 14.2 Å². The van der Waals surface area contributed by atoms with Gasteiger partial charge in [-0.3, -0.25) is 4.79 Å². The summed E-state index contributed by atoms with van der Waals surface area (Å²) in [5.74, 6) is -0.945. The Labute approximate surface area is 152 Å². The van der Waals surface area contributed by atoms with Crippen molar-refractivity contribution in [2.24, 2.45) is 5.92 Å². The largest absolute Gasteiger partial charge is 0.490 e. The molecule has 2 fully saturated rings. The SMILES string of the molecule is O=C(NC(C(=O)O)C1CCCOC1)c1ccc(OC2CCOCC2)cc1. The molecule has 7 nitrogen and oxygen atoms in total. The summed E-state index contributed by atoms with van der Waals surface area (Å²) in [5, 5.41) is 12.1. The van der Waals surface area contributed by atoms with Crippen molar-refractivity contribution < 1.29 is 28.9 Å². The van der Waals surface area contributed by atoms with Crippen LogP contribution in [0.3, 0.4) is 0 Å². The Bertz CT molecular complexity index is 605. The Balaban J connectivity index is 1.58. The third kappa shape index (κ3) is 4.95. The first-order valence-electron chi connectivity index (χ1n) is 9.09. The van der Waals surface area contributed by atoms with E-state index >= 15 is 0 Å². The summed E-state index contributed by atoms with van der Waals surface area (Å²) in [4.78, 5) is 24.0. The van der Waals surface area contributed by atoms with E-state index in [2.05, 4.69) is 5.32 Å². The molecule has 2 atom stereocenters. The van der Waals surface area contributed by atoms with Crippen LogP contribution >= 0.6 is 0 Å². The number of carboxylic acid groups (broad SMARTS) is 1. The van der Waals surface area contributed by atoms with Crippen LogP contribution < -0.4 is 10.1 Å². The van der Waals surface area contributed by atoms with Gasteiger partial charge in [-0.15, -0.1) is 0 Å². The van der Waals surface area contributed by atoms with Crippen LogP contribution in [0.4, 0.5) is 0 Å². The number of benzene rings is 1. The molecule has 0 bridgehead atoms. The number of carbonyl (C=O) groups excluding carboxylic acids is 1. The van der Waals surface area contributed by atoms with Crippen molar-refractivity contribution in [2.45, 2.75) is 37.8 Å². The van der Waals surface area contributed by atoms with Crippen LogP contribution in [0.15, 0.2) is 24.3 Å². The predicted octanol–water partition coefficient (Wildman–Crippen LogP) is 1.85. The van der Waals surface area contributed by atoms with Crippen LogP contribution in [0, 0.1) is 5.92 Å². The summed E-state index contributed by atoms with van der Waals surface area (Å²) < 4.78 is 16.5. The highest BCUT2D eigenvalue weighted by atomic mass is 16.5. The topological polar surface area (TPSA) is 94.1 Å². The second-order valence-electron chi connectivity index (χ2n) is 6.72. The minimum absolute atomic E-state index is 0.131. The van der Waals surface area contributed by atoms with E-state index in [1.807, 2.05) is 0 Å². The van der Waals surface area contributed by atoms with E-state index in [1.54, 1.807) is 24.3 Å². The average Bonchev–Trinajstić information content (AvgIpc) is 2.68. The Morgan fingerprint density at radius 3 is 2.42 bits per heavy atom. The van der Waals surface area contributed by atoms with Gasteiger partial charge in [0, 0.05) is 30.9 Å². The highest BCUT2D eigenvalue weighted by Gasteiger charge is 2.31. The van der Waals surface area contributed by atoms with Crippen LogP contribution in [0.1, 0.15) is 36.0 Å². The van der Waals surface area contributed by atoms with Crippen molar-refractivity contribution >= 4 is 11.9 Å². The predicted molar refractivity (Wildman–Crippen MR) is 93.3 cm³/mol. The summed E-state index contributed by atoms with van der Waals surface area (Å²) in [7, 11) is 0. The van der Waals surface area contributed by atoms with E-state index in [9.17, 15) is 14.7 Å². The van der Waals surface area contributed by atoms with Crippen molar-refractivity contribution in [3.63, 3.8) is 0 Å². The zero-order valence-corrected chi connectivity index (χ0v) is 14.7. The molecule has 1 amide bonds. The monoisotopic (exact) mass is 363 g/mol. The van der Waals surface area contributed by atoms with Crippen LogP contribution in [-0.4, -0.2) is 55.6 Å². The number of nitrogens with one attached hydrogen (secondary N) is 1. The molecule has 0 radical (unpaired) electrons. The van der Waals surface area contributed by atoms with Gasteiger partial charge in [0.25, 0.3) is 5.91 Å². The first-order chi connectivity index (χ1) is 12.6. The lowest BCUT2D eigenvalue weighted by atomic mass is 9.93. The number of ether oxygens (including phenoxy) is 3. The maximum absolute atomic E-state index is 12.4. The van der Waals surface area contributed by atoms with Gasteiger partial charge in [-0.05, 0) is 37.1 Å². The van der Waals surface area contributed by atoms with Crippen molar-refractivity contribution in [3.05, 3.63) is 29.8 Å². The van der Waals surface area contributed by atoms with Crippen LogP contribution in [0.25, 0.3) is 0 Å². The third-order valence-corrected chi connectivity index (χ3v) is 4.81. The maximum atomic E-state index is 12.4. The first kappa shape index (κ1) is 18.7. The molecule has 2 N–H and O–H groups in total. The fourth-order valence-electron chi connectivity index (χ4n) is 3.31. The van der Waals surface area contributed by atoms with Gasteiger partial charge in [-0.2, -0.15) is 0 Å². The molecule has 2 aliphatic rings. The summed E-state index contributed by atoms with van der Waals surface area (Å²) in [6.07, 6.45) is 3.38. The van der Waals surface area contributed by atoms with Crippen LogP contribution in [0.2, 0.25) is 0 Å². The third-order valence-electron chi connectivity index (χ3n) is 4.81. The van der Waals surface area contributed by atoms with Gasteiger partial charge >= 0.3 is 5.97 Å². The summed E-state index contributed by atoms with van der Waals surface area (Å²) in [6.45, 7) is 2.40. The first-order valence-corrected chi connectivity index (χ1v) is 9.09. The minimum atomic E-state index is -1.03. The smallest absolute Gasteiger partial charge is 0.326 e. The Hall–Kier alpha value is -2.12. The normalized spacial score (nSPS) is 22.4. The molecule has 2 unspecified atom stereocenters.